The van der Waals surface area contributed by atoms with Gasteiger partial charge in [0, 0.05) is 12.1 Å². The van der Waals surface area contributed by atoms with Gasteiger partial charge in [-0.3, -0.25) is 10.1 Å². The van der Waals surface area contributed by atoms with Crippen molar-refractivity contribution in [3.63, 3.8) is 0 Å². The molecule has 9 heteroatoms. The highest BCUT2D eigenvalue weighted by atomic mass is 16.6. The Labute approximate surface area is 118 Å². The van der Waals surface area contributed by atoms with E-state index in [0.29, 0.717) is 17.9 Å². The van der Waals surface area contributed by atoms with Crippen molar-refractivity contribution in [3.8, 4) is 11.4 Å². The first-order valence-corrected chi connectivity index (χ1v) is 6.00. The van der Waals surface area contributed by atoms with Crippen LogP contribution in [0.25, 0.3) is 5.69 Å². The Morgan fingerprint density at radius 2 is 2.24 bits per heavy atom. The molecular weight excluding hydrogens is 280 g/mol. The molecule has 0 saturated carbocycles. The number of aromatic carboxylic acids is 1. The molecule has 110 valence electrons. The molecule has 0 bridgehead atoms. The fraction of sp³-hybridized carbons (Fsp3) is 0.250. The first-order chi connectivity index (χ1) is 9.99. The second kappa shape index (κ2) is 5.57. The predicted molar refractivity (Wildman–Crippen MR) is 70.9 cm³/mol. The molecule has 0 unspecified atom stereocenters. The van der Waals surface area contributed by atoms with E-state index < -0.39 is 10.9 Å². The molecule has 1 N–H and O–H groups in total. The minimum absolute atomic E-state index is 0.153. The summed E-state index contributed by atoms with van der Waals surface area (Å²) in [5.74, 6) is -0.875. The number of nitro benzene ring substituents is 1. The average molecular weight is 292 g/mol. The molecule has 0 aliphatic carbocycles. The van der Waals surface area contributed by atoms with Crippen LogP contribution in [-0.2, 0) is 6.42 Å². The topological polar surface area (TPSA) is 120 Å². The summed E-state index contributed by atoms with van der Waals surface area (Å²) in [4.78, 5) is 21.4. The number of nitrogens with zero attached hydrogens (tertiary/aromatic N) is 4. The van der Waals surface area contributed by atoms with Crippen LogP contribution in [0.15, 0.2) is 18.2 Å². The van der Waals surface area contributed by atoms with Gasteiger partial charge in [0.1, 0.15) is 11.4 Å². The van der Waals surface area contributed by atoms with Gasteiger partial charge < -0.3 is 9.84 Å². The average Bonchev–Trinajstić information content (AvgIpc) is 2.90. The second-order valence-electron chi connectivity index (χ2n) is 4.07. The third-order valence-electron chi connectivity index (χ3n) is 2.90. The summed E-state index contributed by atoms with van der Waals surface area (Å²) in [6.45, 7) is 1.74. The first kappa shape index (κ1) is 14.4. The molecular formula is C12H12N4O5. The molecule has 9 nitrogen and oxygen atoms in total. The zero-order chi connectivity index (χ0) is 15.6. The van der Waals surface area contributed by atoms with Gasteiger partial charge in [-0.05, 0) is 12.5 Å². The van der Waals surface area contributed by atoms with Crippen LogP contribution in [-0.4, -0.2) is 38.1 Å². The summed E-state index contributed by atoms with van der Waals surface area (Å²) in [5, 5.41) is 27.3. The molecule has 0 radical (unpaired) electrons. The van der Waals surface area contributed by atoms with Gasteiger partial charge >= 0.3 is 5.97 Å². The molecule has 0 amide bonds. The minimum Gasteiger partial charge on any atom is -0.494 e. The SMILES string of the molecule is CCc1c(C(=O)O)nnn1-c1cc([N+](=O)[O-])ccc1OC. The van der Waals surface area contributed by atoms with Crippen LogP contribution < -0.4 is 4.74 Å². The zero-order valence-corrected chi connectivity index (χ0v) is 11.3. The summed E-state index contributed by atoms with van der Waals surface area (Å²) in [7, 11) is 1.41. The maximum Gasteiger partial charge on any atom is 0.358 e. The number of aromatic nitrogens is 3. The molecule has 1 aromatic carbocycles. The van der Waals surface area contributed by atoms with Crippen LogP contribution in [0.3, 0.4) is 0 Å². The van der Waals surface area contributed by atoms with Crippen LogP contribution in [0.2, 0.25) is 0 Å². The van der Waals surface area contributed by atoms with Gasteiger partial charge in [-0.15, -0.1) is 5.10 Å². The standard InChI is InChI=1S/C12H12N4O5/c1-3-8-11(12(17)18)13-14-15(8)9-6-7(16(19)20)4-5-10(9)21-2/h4-6H,3H2,1-2H3,(H,17,18). The minimum atomic E-state index is -1.21. The van der Waals surface area contributed by atoms with Crippen LogP contribution in [0, 0.1) is 10.1 Å². The highest BCUT2D eigenvalue weighted by molar-refractivity contribution is 5.86. The van der Waals surface area contributed by atoms with Gasteiger partial charge in [-0.1, -0.05) is 12.1 Å². The lowest BCUT2D eigenvalue weighted by Gasteiger charge is -2.10. The van der Waals surface area contributed by atoms with E-state index in [1.54, 1.807) is 6.92 Å². The van der Waals surface area contributed by atoms with Crippen LogP contribution in [0.4, 0.5) is 5.69 Å². The number of non-ortho nitro benzene ring substituents is 1. The number of benzene rings is 1. The molecule has 2 aromatic rings. The van der Waals surface area contributed by atoms with Crippen LogP contribution in [0.1, 0.15) is 23.1 Å². The quantitative estimate of drug-likeness (QED) is 0.653. The summed E-state index contributed by atoms with van der Waals surface area (Å²) in [6, 6.07) is 3.98. The Hall–Kier alpha value is -2.97. The van der Waals surface area contributed by atoms with E-state index in [4.69, 9.17) is 9.84 Å². The molecule has 0 aliphatic heterocycles. The first-order valence-electron chi connectivity index (χ1n) is 6.00. The van der Waals surface area contributed by atoms with E-state index in [0.717, 1.165) is 0 Å². The number of carboxylic acids is 1. The number of methoxy groups -OCH3 is 1. The molecule has 0 spiro atoms. The highest BCUT2D eigenvalue weighted by Crippen LogP contribution is 2.28. The van der Waals surface area contributed by atoms with Crippen molar-refractivity contribution in [2.75, 3.05) is 7.11 Å². The van der Waals surface area contributed by atoms with Crippen molar-refractivity contribution in [2.45, 2.75) is 13.3 Å². The lowest BCUT2D eigenvalue weighted by atomic mass is 10.2. The fourth-order valence-electron chi connectivity index (χ4n) is 1.94. The van der Waals surface area contributed by atoms with Crippen molar-refractivity contribution in [3.05, 3.63) is 39.7 Å². The number of carbonyl (C=O) groups is 1. The van der Waals surface area contributed by atoms with Crippen LogP contribution in [0.5, 0.6) is 5.75 Å². The van der Waals surface area contributed by atoms with Gasteiger partial charge in [0.15, 0.2) is 5.69 Å². The van der Waals surface area contributed by atoms with E-state index in [9.17, 15) is 14.9 Å². The zero-order valence-electron chi connectivity index (χ0n) is 11.3. The van der Waals surface area contributed by atoms with Gasteiger partial charge in [-0.2, -0.15) is 0 Å². The lowest BCUT2D eigenvalue weighted by molar-refractivity contribution is -0.384. The Morgan fingerprint density at radius 1 is 1.52 bits per heavy atom. The molecule has 0 saturated heterocycles. The van der Waals surface area contributed by atoms with Crippen molar-refractivity contribution in [1.29, 1.82) is 0 Å². The van der Waals surface area contributed by atoms with Gasteiger partial charge in [0.2, 0.25) is 0 Å². The molecule has 1 heterocycles. The number of carboxylic acid groups (broad SMARTS) is 1. The van der Waals surface area contributed by atoms with Gasteiger partial charge in [-0.25, -0.2) is 9.48 Å². The summed E-state index contributed by atoms with van der Waals surface area (Å²) < 4.78 is 6.39. The smallest absolute Gasteiger partial charge is 0.358 e. The largest absolute Gasteiger partial charge is 0.494 e. The monoisotopic (exact) mass is 292 g/mol. The maximum absolute atomic E-state index is 11.1. The number of nitro groups is 1. The normalized spacial score (nSPS) is 10.4. The molecule has 0 atom stereocenters. The third-order valence-corrected chi connectivity index (χ3v) is 2.90. The van der Waals surface area contributed by atoms with Crippen molar-refractivity contribution < 1.29 is 19.6 Å². The Morgan fingerprint density at radius 3 is 2.76 bits per heavy atom. The summed E-state index contributed by atoms with van der Waals surface area (Å²) in [6.07, 6.45) is 0.348. The molecule has 1 aromatic heterocycles. The molecule has 2 rings (SSSR count). The summed E-state index contributed by atoms with van der Waals surface area (Å²) in [5.41, 5.74) is 0.260. The fourth-order valence-corrected chi connectivity index (χ4v) is 1.94. The lowest BCUT2D eigenvalue weighted by Crippen LogP contribution is -2.07. The van der Waals surface area contributed by atoms with Crippen LogP contribution >= 0.6 is 0 Å². The van der Waals surface area contributed by atoms with E-state index in [-0.39, 0.29) is 17.1 Å². The van der Waals surface area contributed by atoms with Crippen molar-refractivity contribution in [2.24, 2.45) is 0 Å². The van der Waals surface area contributed by atoms with Crippen molar-refractivity contribution >= 4 is 11.7 Å². The van der Waals surface area contributed by atoms with E-state index in [1.807, 2.05) is 0 Å². The second-order valence-corrected chi connectivity index (χ2v) is 4.07. The Kier molecular flexibility index (Phi) is 3.83. The third kappa shape index (κ3) is 2.53. The molecule has 0 fully saturated rings. The van der Waals surface area contributed by atoms with E-state index in [2.05, 4.69) is 10.3 Å². The van der Waals surface area contributed by atoms with Gasteiger partial charge in [0.05, 0.1) is 17.7 Å². The number of hydrogen-bond donors (Lipinski definition) is 1. The summed E-state index contributed by atoms with van der Waals surface area (Å²) >= 11 is 0. The van der Waals surface area contributed by atoms with E-state index >= 15 is 0 Å². The van der Waals surface area contributed by atoms with E-state index in [1.165, 1.54) is 30.0 Å². The molecule has 0 aliphatic rings. The highest BCUT2D eigenvalue weighted by Gasteiger charge is 2.22. The number of ether oxygens (including phenoxy) is 1. The number of rotatable bonds is 5. The van der Waals surface area contributed by atoms with Gasteiger partial charge in [0.25, 0.3) is 5.69 Å². The maximum atomic E-state index is 11.1. The number of hydrogen-bond acceptors (Lipinski definition) is 6. The molecule has 21 heavy (non-hydrogen) atoms. The Balaban J connectivity index is 2.68. The van der Waals surface area contributed by atoms with Crippen molar-refractivity contribution in [1.82, 2.24) is 15.0 Å². The predicted octanol–water partition coefficient (Wildman–Crippen LogP) is 1.44. The Bertz CT molecular complexity index is 710.